The number of hydrogen-bond donors (Lipinski definition) is 0. The van der Waals surface area contributed by atoms with Crippen molar-refractivity contribution in [2.75, 3.05) is 0 Å². The fraction of sp³-hybridized carbons (Fsp3) is 1.00. The molecule has 1 saturated heterocycles. The second-order valence-corrected chi connectivity index (χ2v) is 32.5. The van der Waals surface area contributed by atoms with E-state index in [2.05, 4.69) is 0 Å². The van der Waals surface area contributed by atoms with Crippen molar-refractivity contribution in [1.82, 2.24) is 0 Å². The maximum absolute atomic E-state index is 1.62. The Morgan fingerprint density at radius 2 is 0.550 bits per heavy atom. The minimum absolute atomic E-state index is 1.08. The van der Waals surface area contributed by atoms with Crippen LogP contribution in [-0.4, -0.2) is 48.9 Å². The van der Waals surface area contributed by atoms with Crippen molar-refractivity contribution in [1.29, 1.82) is 0 Å². The number of rotatable bonds is 0. The fourth-order valence-electron chi connectivity index (χ4n) is 2.55. The van der Waals surface area contributed by atoms with Crippen LogP contribution in [-0.2, 0) is 0 Å². The van der Waals surface area contributed by atoms with E-state index in [1.165, 1.54) is 77.0 Å². The van der Waals surface area contributed by atoms with Gasteiger partial charge in [-0.25, -0.2) is 0 Å². The van der Waals surface area contributed by atoms with E-state index in [-0.39, 0.29) is 0 Å². The molecule has 1 rings (SSSR count). The van der Waals surface area contributed by atoms with Crippen LogP contribution in [0.4, 0.5) is 0 Å². The summed E-state index contributed by atoms with van der Waals surface area (Å²) in [5.74, 6) is 0. The molecule has 0 aromatic rings. The average Bonchev–Trinajstić information content (AvgIpc) is 2.46. The molecule has 0 nitrogen and oxygen atoms in total. The standard InChI is InChI=1S/C16H32Se4/c1-2-4-6-8-10-12-14-16-18-20-19-17-15-13-11-9-7-5-3-1/h1-16H2. The molecule has 0 aromatic heterocycles. The van der Waals surface area contributed by atoms with Gasteiger partial charge in [0.1, 0.15) is 0 Å². The van der Waals surface area contributed by atoms with Crippen molar-refractivity contribution in [2.45, 2.75) is 101 Å². The summed E-state index contributed by atoms with van der Waals surface area (Å²) in [6.45, 7) is 0. The van der Waals surface area contributed by atoms with E-state index in [1.807, 2.05) is 0 Å². The van der Waals surface area contributed by atoms with E-state index in [9.17, 15) is 0 Å². The molecule has 0 N–H and O–H groups in total. The quantitative estimate of drug-likeness (QED) is 0.386. The molecule has 0 atom stereocenters. The zero-order valence-electron chi connectivity index (χ0n) is 12.9. The van der Waals surface area contributed by atoms with Gasteiger partial charge in [0.2, 0.25) is 0 Å². The van der Waals surface area contributed by atoms with Gasteiger partial charge in [-0.05, 0) is 0 Å². The summed E-state index contributed by atoms with van der Waals surface area (Å²) in [5, 5.41) is 3.23. The summed E-state index contributed by atoms with van der Waals surface area (Å²) >= 11 is 4.41. The summed E-state index contributed by atoms with van der Waals surface area (Å²) in [4.78, 5) is 0. The van der Waals surface area contributed by atoms with E-state index >= 15 is 0 Å². The molecular weight excluding hydrogens is 508 g/mol. The molecule has 20 heavy (non-hydrogen) atoms. The van der Waals surface area contributed by atoms with Crippen LogP contribution in [0.5, 0.6) is 0 Å². The van der Waals surface area contributed by atoms with Gasteiger partial charge >= 0.3 is 149 Å². The van der Waals surface area contributed by atoms with Gasteiger partial charge in [-0.2, -0.15) is 0 Å². The molecule has 0 saturated carbocycles. The molecule has 4 heteroatoms. The first-order valence-corrected chi connectivity index (χ1v) is 24.0. The maximum atomic E-state index is 1.62. The van der Waals surface area contributed by atoms with Gasteiger partial charge in [-0.15, -0.1) is 0 Å². The molecule has 1 aliphatic heterocycles. The number of hydrogen-bond acceptors (Lipinski definition) is 0. The SMILES string of the molecule is C1CCCCCCCC[Se][Se][Se][Se]CCCCCCC1. The first-order valence-electron chi connectivity index (χ1n) is 8.58. The van der Waals surface area contributed by atoms with Crippen molar-refractivity contribution in [3.63, 3.8) is 0 Å². The van der Waals surface area contributed by atoms with Crippen LogP contribution in [0.1, 0.15) is 89.9 Å². The van der Waals surface area contributed by atoms with Crippen molar-refractivity contribution >= 4 is 48.9 Å². The van der Waals surface area contributed by atoms with Crippen LogP contribution in [0.25, 0.3) is 0 Å². The van der Waals surface area contributed by atoms with E-state index in [0.29, 0.717) is 0 Å². The third kappa shape index (κ3) is 15.0. The van der Waals surface area contributed by atoms with Crippen molar-refractivity contribution < 1.29 is 0 Å². The van der Waals surface area contributed by atoms with Crippen molar-refractivity contribution in [3.8, 4) is 0 Å². The zero-order chi connectivity index (χ0) is 14.1. The monoisotopic (exact) mass is 544 g/mol. The molecule has 0 spiro atoms. The van der Waals surface area contributed by atoms with Gasteiger partial charge in [-0.1, -0.05) is 0 Å². The van der Waals surface area contributed by atoms with E-state index < -0.39 is 0 Å². The summed E-state index contributed by atoms with van der Waals surface area (Å²) < 4.78 is 0. The Morgan fingerprint density at radius 3 is 0.850 bits per heavy atom. The molecule has 0 amide bonds. The van der Waals surface area contributed by atoms with Crippen LogP contribution >= 0.6 is 0 Å². The Morgan fingerprint density at radius 1 is 0.300 bits per heavy atom. The molecule has 0 bridgehead atoms. The van der Waals surface area contributed by atoms with Crippen LogP contribution in [0, 0.1) is 0 Å². The third-order valence-electron chi connectivity index (χ3n) is 3.83. The van der Waals surface area contributed by atoms with Gasteiger partial charge in [0.05, 0.1) is 0 Å². The van der Waals surface area contributed by atoms with Crippen LogP contribution in [0.2, 0.25) is 10.6 Å². The van der Waals surface area contributed by atoms with Crippen LogP contribution < -0.4 is 0 Å². The molecule has 0 radical (unpaired) electrons. The van der Waals surface area contributed by atoms with Gasteiger partial charge in [0.15, 0.2) is 0 Å². The van der Waals surface area contributed by atoms with Crippen molar-refractivity contribution in [3.05, 3.63) is 0 Å². The Balaban J connectivity index is 2.00. The molecule has 1 heterocycles. The first-order chi connectivity index (χ1) is 10.0. The molecule has 1 fully saturated rings. The van der Waals surface area contributed by atoms with Crippen LogP contribution in [0.3, 0.4) is 0 Å². The predicted molar refractivity (Wildman–Crippen MR) is 97.3 cm³/mol. The predicted octanol–water partition coefficient (Wildman–Crippen LogP) is 4.86. The molecular formula is C16H32Se4. The molecule has 0 aromatic carbocycles. The first kappa shape index (κ1) is 20.1. The summed E-state index contributed by atoms with van der Waals surface area (Å²) in [6.07, 6.45) is 21.4. The topological polar surface area (TPSA) is 0 Å². The van der Waals surface area contributed by atoms with Gasteiger partial charge < -0.3 is 0 Å². The second-order valence-electron chi connectivity index (χ2n) is 5.73. The van der Waals surface area contributed by atoms with E-state index in [4.69, 9.17) is 0 Å². The third-order valence-corrected chi connectivity index (χ3v) is 43.0. The second kappa shape index (κ2) is 17.4. The van der Waals surface area contributed by atoms with Crippen LogP contribution in [0.15, 0.2) is 0 Å². The summed E-state index contributed by atoms with van der Waals surface area (Å²) in [5.41, 5.74) is 0. The Labute approximate surface area is 148 Å². The normalized spacial score (nSPS) is 24.0. The molecule has 1 aliphatic rings. The average molecular weight is 540 g/mol. The molecule has 0 aliphatic carbocycles. The Hall–Kier alpha value is 2.08. The van der Waals surface area contributed by atoms with Crippen molar-refractivity contribution in [2.24, 2.45) is 0 Å². The zero-order valence-corrected chi connectivity index (χ0v) is 19.8. The Bertz CT molecular complexity index is 101. The van der Waals surface area contributed by atoms with E-state index in [0.717, 1.165) is 48.9 Å². The van der Waals surface area contributed by atoms with Gasteiger partial charge in [0.25, 0.3) is 0 Å². The van der Waals surface area contributed by atoms with Gasteiger partial charge in [0, 0.05) is 0 Å². The van der Waals surface area contributed by atoms with E-state index in [1.54, 1.807) is 23.5 Å². The minimum atomic E-state index is 1.08. The summed E-state index contributed by atoms with van der Waals surface area (Å²) in [7, 11) is 0. The molecule has 0 unspecified atom stereocenters. The van der Waals surface area contributed by atoms with Gasteiger partial charge in [-0.3, -0.25) is 0 Å². The summed E-state index contributed by atoms with van der Waals surface area (Å²) in [6, 6.07) is 0. The fourth-order valence-corrected chi connectivity index (χ4v) is 44.5. The Kier molecular flexibility index (Phi) is 17.5. The molecule has 120 valence electrons.